The van der Waals surface area contributed by atoms with Crippen LogP contribution in [0.15, 0.2) is 47.4 Å². The highest BCUT2D eigenvalue weighted by atomic mass is 32.2. The van der Waals surface area contributed by atoms with Gasteiger partial charge in [-0.2, -0.15) is 0 Å². The summed E-state index contributed by atoms with van der Waals surface area (Å²) in [5, 5.41) is 2.69. The first kappa shape index (κ1) is 20.7. The second-order valence-corrected chi connectivity index (χ2v) is 7.92. The summed E-state index contributed by atoms with van der Waals surface area (Å²) in [4.78, 5) is 11.9. The largest absolute Gasteiger partial charge is 0.493 e. The van der Waals surface area contributed by atoms with E-state index >= 15 is 0 Å². The normalized spacial score (nSPS) is 11.1. The lowest BCUT2D eigenvalue weighted by atomic mass is 10.1. The molecule has 0 aromatic heterocycles. The molecule has 27 heavy (non-hydrogen) atoms. The first-order valence-electron chi connectivity index (χ1n) is 8.31. The van der Waals surface area contributed by atoms with Gasteiger partial charge < -0.3 is 14.8 Å². The van der Waals surface area contributed by atoms with E-state index in [2.05, 4.69) is 5.32 Å². The number of hydrogen-bond acceptors (Lipinski definition) is 5. The molecular formula is C19H22FNO5S. The van der Waals surface area contributed by atoms with Gasteiger partial charge in [-0.1, -0.05) is 6.07 Å². The molecule has 0 aliphatic carbocycles. The zero-order valence-electron chi connectivity index (χ0n) is 15.2. The van der Waals surface area contributed by atoms with Gasteiger partial charge in [0.2, 0.25) is 5.91 Å². The minimum absolute atomic E-state index is 0.00188. The summed E-state index contributed by atoms with van der Waals surface area (Å²) < 4.78 is 47.6. The van der Waals surface area contributed by atoms with Crippen LogP contribution < -0.4 is 14.8 Å². The molecule has 146 valence electrons. The van der Waals surface area contributed by atoms with Crippen molar-refractivity contribution in [1.29, 1.82) is 0 Å². The second-order valence-electron chi connectivity index (χ2n) is 5.81. The van der Waals surface area contributed by atoms with Gasteiger partial charge in [-0.05, 0) is 48.4 Å². The molecule has 0 bridgehead atoms. The lowest BCUT2D eigenvalue weighted by Gasteiger charge is -2.10. The number of halogens is 1. The van der Waals surface area contributed by atoms with Crippen molar-refractivity contribution in [1.82, 2.24) is 5.32 Å². The number of carbonyl (C=O) groups is 1. The molecule has 1 N–H and O–H groups in total. The van der Waals surface area contributed by atoms with Crippen molar-refractivity contribution >= 4 is 15.7 Å². The van der Waals surface area contributed by atoms with Crippen molar-refractivity contribution in [2.24, 2.45) is 0 Å². The molecule has 0 saturated carbocycles. The number of rotatable bonds is 9. The monoisotopic (exact) mass is 395 g/mol. The van der Waals surface area contributed by atoms with Crippen LogP contribution in [0, 0.1) is 5.82 Å². The molecule has 0 atom stereocenters. The summed E-state index contributed by atoms with van der Waals surface area (Å²) >= 11 is 0. The summed E-state index contributed by atoms with van der Waals surface area (Å²) in [6.45, 7) is 0.366. The summed E-state index contributed by atoms with van der Waals surface area (Å²) in [6.07, 6.45) is 0.405. The van der Waals surface area contributed by atoms with Gasteiger partial charge in [-0.25, -0.2) is 12.8 Å². The van der Waals surface area contributed by atoms with Gasteiger partial charge >= 0.3 is 0 Å². The highest BCUT2D eigenvalue weighted by Gasteiger charge is 2.16. The second kappa shape index (κ2) is 9.36. The van der Waals surface area contributed by atoms with Crippen LogP contribution in [-0.4, -0.2) is 40.8 Å². The predicted molar refractivity (Wildman–Crippen MR) is 99.3 cm³/mol. The lowest BCUT2D eigenvalue weighted by Crippen LogP contribution is -2.27. The number of methoxy groups -OCH3 is 2. The number of ether oxygens (including phenoxy) is 2. The summed E-state index contributed by atoms with van der Waals surface area (Å²) in [5.74, 6) is 0.0203. The van der Waals surface area contributed by atoms with Gasteiger partial charge in [-0.15, -0.1) is 0 Å². The van der Waals surface area contributed by atoms with Crippen LogP contribution in [0.5, 0.6) is 11.5 Å². The minimum Gasteiger partial charge on any atom is -0.493 e. The third kappa shape index (κ3) is 5.96. The third-order valence-corrected chi connectivity index (χ3v) is 5.69. The number of nitrogens with one attached hydrogen (secondary N) is 1. The summed E-state index contributed by atoms with van der Waals surface area (Å²) in [7, 11) is -0.524. The fourth-order valence-corrected chi connectivity index (χ4v) is 3.70. The first-order valence-corrected chi connectivity index (χ1v) is 9.97. The molecule has 0 saturated heterocycles. The minimum atomic E-state index is -3.62. The van der Waals surface area contributed by atoms with Crippen molar-refractivity contribution in [2.45, 2.75) is 17.7 Å². The fourth-order valence-electron chi connectivity index (χ4n) is 2.46. The van der Waals surface area contributed by atoms with E-state index in [1.54, 1.807) is 20.3 Å². The smallest absolute Gasteiger partial charge is 0.221 e. The van der Waals surface area contributed by atoms with Gasteiger partial charge in [0.25, 0.3) is 0 Å². The highest BCUT2D eigenvalue weighted by molar-refractivity contribution is 7.91. The SMILES string of the molecule is COc1ccc(CCNC(=O)CCS(=O)(=O)c2ccc(F)cc2)cc1OC. The Morgan fingerprint density at radius 3 is 2.33 bits per heavy atom. The average Bonchev–Trinajstić information content (AvgIpc) is 2.66. The van der Waals surface area contributed by atoms with E-state index in [4.69, 9.17) is 9.47 Å². The zero-order chi connectivity index (χ0) is 19.9. The highest BCUT2D eigenvalue weighted by Crippen LogP contribution is 2.27. The van der Waals surface area contributed by atoms with E-state index in [9.17, 15) is 17.6 Å². The molecule has 2 rings (SSSR count). The van der Waals surface area contributed by atoms with E-state index in [-0.39, 0.29) is 23.0 Å². The Morgan fingerprint density at radius 2 is 1.70 bits per heavy atom. The van der Waals surface area contributed by atoms with Crippen LogP contribution in [0.1, 0.15) is 12.0 Å². The molecule has 8 heteroatoms. The Morgan fingerprint density at radius 1 is 1.04 bits per heavy atom. The maximum Gasteiger partial charge on any atom is 0.221 e. The maximum absolute atomic E-state index is 12.9. The van der Waals surface area contributed by atoms with Gasteiger partial charge in [0.15, 0.2) is 21.3 Å². The average molecular weight is 395 g/mol. The molecule has 0 spiro atoms. The predicted octanol–water partition coefficient (Wildman–Crippen LogP) is 2.37. The van der Waals surface area contributed by atoms with Crippen molar-refractivity contribution in [3.8, 4) is 11.5 Å². The van der Waals surface area contributed by atoms with Crippen molar-refractivity contribution in [2.75, 3.05) is 26.5 Å². The van der Waals surface area contributed by atoms with Gasteiger partial charge in [0.05, 0.1) is 24.9 Å². The van der Waals surface area contributed by atoms with Crippen LogP contribution in [0.2, 0.25) is 0 Å². The first-order chi connectivity index (χ1) is 12.9. The Hall–Kier alpha value is -2.61. The Balaban J connectivity index is 1.82. The molecule has 2 aromatic carbocycles. The maximum atomic E-state index is 12.9. The molecule has 0 aliphatic rings. The summed E-state index contributed by atoms with van der Waals surface area (Å²) in [6, 6.07) is 10.0. The zero-order valence-corrected chi connectivity index (χ0v) is 16.0. The van der Waals surface area contributed by atoms with Crippen LogP contribution >= 0.6 is 0 Å². The summed E-state index contributed by atoms with van der Waals surface area (Å²) in [5.41, 5.74) is 0.951. The van der Waals surface area contributed by atoms with Crippen molar-refractivity contribution in [3.05, 3.63) is 53.8 Å². The van der Waals surface area contributed by atoms with E-state index in [0.717, 1.165) is 17.7 Å². The lowest BCUT2D eigenvalue weighted by molar-refractivity contribution is -0.120. The molecule has 2 aromatic rings. The van der Waals surface area contributed by atoms with Crippen LogP contribution in [0.4, 0.5) is 4.39 Å². The van der Waals surface area contributed by atoms with Crippen LogP contribution in [0.3, 0.4) is 0 Å². The van der Waals surface area contributed by atoms with Gasteiger partial charge in [0.1, 0.15) is 5.82 Å². The Bertz CT molecular complexity index is 881. The topological polar surface area (TPSA) is 81.7 Å². The van der Waals surface area contributed by atoms with Gasteiger partial charge in [0, 0.05) is 13.0 Å². The van der Waals surface area contributed by atoms with E-state index < -0.39 is 15.7 Å². The fraction of sp³-hybridized carbons (Fsp3) is 0.316. The van der Waals surface area contributed by atoms with Crippen molar-refractivity contribution in [3.63, 3.8) is 0 Å². The van der Waals surface area contributed by atoms with E-state index in [0.29, 0.717) is 24.5 Å². The number of hydrogen-bond donors (Lipinski definition) is 1. The molecule has 0 radical (unpaired) electrons. The Kier molecular flexibility index (Phi) is 7.18. The number of benzene rings is 2. The van der Waals surface area contributed by atoms with Crippen LogP contribution in [0.25, 0.3) is 0 Å². The quantitative estimate of drug-likeness (QED) is 0.659. The molecule has 6 nitrogen and oxygen atoms in total. The van der Waals surface area contributed by atoms with Crippen molar-refractivity contribution < 1.29 is 27.1 Å². The Labute approximate surface area is 158 Å². The number of carbonyl (C=O) groups excluding carboxylic acids is 1. The molecule has 0 unspecified atom stereocenters. The van der Waals surface area contributed by atoms with Gasteiger partial charge in [-0.3, -0.25) is 4.79 Å². The third-order valence-electron chi connectivity index (χ3n) is 3.95. The van der Waals surface area contributed by atoms with Crippen LogP contribution in [-0.2, 0) is 21.1 Å². The van der Waals surface area contributed by atoms with E-state index in [1.807, 2.05) is 12.1 Å². The number of amides is 1. The molecular weight excluding hydrogens is 373 g/mol. The molecule has 0 heterocycles. The standard InChI is InChI=1S/C19H22FNO5S/c1-25-17-8-3-14(13-18(17)26-2)9-11-21-19(22)10-12-27(23,24)16-6-4-15(20)5-7-16/h3-8,13H,9-12H2,1-2H3,(H,21,22). The van der Waals surface area contributed by atoms with E-state index in [1.165, 1.54) is 12.1 Å². The molecule has 0 aliphatic heterocycles. The number of sulfone groups is 1. The molecule has 1 amide bonds. The molecule has 0 fully saturated rings.